The zero-order valence-corrected chi connectivity index (χ0v) is 12.6. The van der Waals surface area contributed by atoms with Gasteiger partial charge >= 0.3 is 0 Å². The van der Waals surface area contributed by atoms with Crippen LogP contribution in [0, 0.1) is 6.92 Å². The van der Waals surface area contributed by atoms with E-state index < -0.39 is 0 Å². The third-order valence-corrected chi connectivity index (χ3v) is 2.87. The summed E-state index contributed by atoms with van der Waals surface area (Å²) < 4.78 is 5.69. The molecule has 108 valence electrons. The SMILES string of the molecule is CCC.Cc1c(CO)cccc1COc1ccccc1. The summed E-state index contributed by atoms with van der Waals surface area (Å²) in [6, 6.07) is 15.6. The summed E-state index contributed by atoms with van der Waals surface area (Å²) >= 11 is 0. The van der Waals surface area contributed by atoms with Gasteiger partial charge in [-0.3, -0.25) is 0 Å². The van der Waals surface area contributed by atoms with Crippen LogP contribution in [0.3, 0.4) is 0 Å². The zero-order chi connectivity index (χ0) is 14.8. The molecular weight excluding hydrogens is 248 g/mol. The molecule has 0 aromatic heterocycles. The van der Waals surface area contributed by atoms with E-state index in [1.54, 1.807) is 0 Å². The smallest absolute Gasteiger partial charge is 0.119 e. The van der Waals surface area contributed by atoms with Gasteiger partial charge in [0.25, 0.3) is 0 Å². The molecule has 2 nitrogen and oxygen atoms in total. The van der Waals surface area contributed by atoms with Crippen molar-refractivity contribution in [3.63, 3.8) is 0 Å². The first-order chi connectivity index (χ1) is 9.72. The molecule has 0 bridgehead atoms. The van der Waals surface area contributed by atoms with Crippen LogP contribution in [0.1, 0.15) is 37.0 Å². The molecular formula is C18H24O2. The predicted octanol–water partition coefficient (Wildman–Crippen LogP) is 4.48. The standard InChI is InChI=1S/C15H16O2.C3H8/c1-12-13(10-16)6-5-7-14(12)11-17-15-8-3-2-4-9-15;1-3-2/h2-9,16H,10-11H2,1H3;3H2,1-2H3. The van der Waals surface area contributed by atoms with Gasteiger partial charge in [0, 0.05) is 0 Å². The van der Waals surface area contributed by atoms with Gasteiger partial charge in [-0.2, -0.15) is 0 Å². The van der Waals surface area contributed by atoms with Gasteiger partial charge in [-0.05, 0) is 35.7 Å². The molecule has 0 spiro atoms. The molecule has 20 heavy (non-hydrogen) atoms. The third kappa shape index (κ3) is 5.06. The van der Waals surface area contributed by atoms with Crippen molar-refractivity contribution in [1.29, 1.82) is 0 Å². The van der Waals surface area contributed by atoms with Crippen molar-refractivity contribution in [3.8, 4) is 5.75 Å². The molecule has 0 radical (unpaired) electrons. The molecule has 0 unspecified atom stereocenters. The second-order valence-electron chi connectivity index (χ2n) is 4.67. The van der Waals surface area contributed by atoms with Crippen LogP contribution in [0.15, 0.2) is 48.5 Å². The van der Waals surface area contributed by atoms with Crippen LogP contribution in [0.25, 0.3) is 0 Å². The molecule has 2 aromatic rings. The van der Waals surface area contributed by atoms with E-state index in [-0.39, 0.29) is 6.61 Å². The van der Waals surface area contributed by atoms with Crippen molar-refractivity contribution >= 4 is 0 Å². The molecule has 2 rings (SSSR count). The minimum Gasteiger partial charge on any atom is -0.489 e. The maximum Gasteiger partial charge on any atom is 0.119 e. The van der Waals surface area contributed by atoms with Crippen LogP contribution < -0.4 is 4.74 Å². The van der Waals surface area contributed by atoms with E-state index in [0.29, 0.717) is 6.61 Å². The van der Waals surface area contributed by atoms with Crippen molar-refractivity contribution in [2.75, 3.05) is 0 Å². The topological polar surface area (TPSA) is 29.5 Å². The molecule has 1 N–H and O–H groups in total. The maximum atomic E-state index is 9.19. The Morgan fingerprint density at radius 3 is 2.10 bits per heavy atom. The molecule has 2 aromatic carbocycles. The van der Waals surface area contributed by atoms with Crippen LogP contribution >= 0.6 is 0 Å². The first-order valence-electron chi connectivity index (χ1n) is 7.09. The molecule has 0 aliphatic carbocycles. The number of rotatable bonds is 4. The van der Waals surface area contributed by atoms with Gasteiger partial charge in [0.15, 0.2) is 0 Å². The lowest BCUT2D eigenvalue weighted by atomic mass is 10.0. The minimum absolute atomic E-state index is 0.0744. The summed E-state index contributed by atoms with van der Waals surface area (Å²) in [7, 11) is 0. The Morgan fingerprint density at radius 2 is 1.50 bits per heavy atom. The Labute approximate surface area is 122 Å². The third-order valence-electron chi connectivity index (χ3n) is 2.87. The van der Waals surface area contributed by atoms with Crippen molar-refractivity contribution in [2.24, 2.45) is 0 Å². The van der Waals surface area contributed by atoms with Gasteiger partial charge in [-0.25, -0.2) is 0 Å². The summed E-state index contributed by atoms with van der Waals surface area (Å²) in [5.41, 5.74) is 3.17. The van der Waals surface area contributed by atoms with Crippen LogP contribution in [0.5, 0.6) is 5.75 Å². The van der Waals surface area contributed by atoms with Gasteiger partial charge in [0.2, 0.25) is 0 Å². The summed E-state index contributed by atoms with van der Waals surface area (Å²) in [5.74, 6) is 0.862. The van der Waals surface area contributed by atoms with Crippen molar-refractivity contribution < 1.29 is 9.84 Å². The van der Waals surface area contributed by atoms with Crippen LogP contribution in [-0.4, -0.2) is 5.11 Å². The fourth-order valence-electron chi connectivity index (χ4n) is 1.74. The minimum atomic E-state index is 0.0744. The monoisotopic (exact) mass is 272 g/mol. The average Bonchev–Trinajstić information content (AvgIpc) is 2.48. The van der Waals surface area contributed by atoms with Crippen LogP contribution in [0.4, 0.5) is 0 Å². The Kier molecular flexibility index (Phi) is 7.44. The lowest BCUT2D eigenvalue weighted by Gasteiger charge is -2.11. The van der Waals surface area contributed by atoms with Crippen molar-refractivity contribution in [1.82, 2.24) is 0 Å². The molecule has 0 atom stereocenters. The number of aliphatic hydroxyl groups is 1. The first-order valence-corrected chi connectivity index (χ1v) is 7.09. The highest BCUT2D eigenvalue weighted by Gasteiger charge is 2.03. The Hall–Kier alpha value is -1.80. The number of hydrogen-bond donors (Lipinski definition) is 1. The number of ether oxygens (including phenoxy) is 1. The van der Waals surface area contributed by atoms with E-state index in [0.717, 1.165) is 22.4 Å². The van der Waals surface area contributed by atoms with Gasteiger partial charge < -0.3 is 9.84 Å². The van der Waals surface area contributed by atoms with Crippen molar-refractivity contribution in [2.45, 2.75) is 40.4 Å². The molecule has 2 heteroatoms. The summed E-state index contributed by atoms with van der Waals surface area (Å²) in [6.07, 6.45) is 1.25. The van der Waals surface area contributed by atoms with Gasteiger partial charge in [-0.15, -0.1) is 0 Å². The second-order valence-corrected chi connectivity index (χ2v) is 4.67. The van der Waals surface area contributed by atoms with Gasteiger partial charge in [0.1, 0.15) is 12.4 Å². The largest absolute Gasteiger partial charge is 0.489 e. The van der Waals surface area contributed by atoms with Gasteiger partial charge in [0.05, 0.1) is 6.61 Å². The predicted molar refractivity (Wildman–Crippen MR) is 83.8 cm³/mol. The van der Waals surface area contributed by atoms with Crippen LogP contribution in [0.2, 0.25) is 0 Å². The molecule has 0 saturated carbocycles. The molecule has 0 amide bonds. The zero-order valence-electron chi connectivity index (χ0n) is 12.6. The second kappa shape index (κ2) is 9.16. The molecule has 0 aliphatic rings. The first kappa shape index (κ1) is 16.3. The normalized spacial score (nSPS) is 9.60. The Bertz CT molecular complexity index is 492. The summed E-state index contributed by atoms with van der Waals surface area (Å²) in [6.45, 7) is 6.87. The Morgan fingerprint density at radius 1 is 0.900 bits per heavy atom. The maximum absolute atomic E-state index is 9.19. The van der Waals surface area contributed by atoms with Gasteiger partial charge in [-0.1, -0.05) is 56.7 Å². The number of aliphatic hydroxyl groups excluding tert-OH is 1. The fraction of sp³-hybridized carbons (Fsp3) is 0.333. The van der Waals surface area contributed by atoms with E-state index in [1.165, 1.54) is 6.42 Å². The van der Waals surface area contributed by atoms with Crippen molar-refractivity contribution in [3.05, 3.63) is 65.2 Å². The number of benzene rings is 2. The number of para-hydroxylation sites is 1. The molecule has 0 aliphatic heterocycles. The highest BCUT2D eigenvalue weighted by Crippen LogP contribution is 2.17. The van der Waals surface area contributed by atoms with E-state index in [9.17, 15) is 5.11 Å². The molecule has 0 fully saturated rings. The highest BCUT2D eigenvalue weighted by atomic mass is 16.5. The van der Waals surface area contributed by atoms with Crippen LogP contribution in [-0.2, 0) is 13.2 Å². The lowest BCUT2D eigenvalue weighted by Crippen LogP contribution is -2.00. The van der Waals surface area contributed by atoms with E-state index in [1.807, 2.05) is 55.5 Å². The summed E-state index contributed by atoms with van der Waals surface area (Å²) in [5, 5.41) is 9.19. The quantitative estimate of drug-likeness (QED) is 0.889. The van der Waals surface area contributed by atoms with E-state index in [2.05, 4.69) is 13.8 Å². The average molecular weight is 272 g/mol. The highest BCUT2D eigenvalue weighted by molar-refractivity contribution is 5.33. The lowest BCUT2D eigenvalue weighted by molar-refractivity contribution is 0.279. The van der Waals surface area contributed by atoms with E-state index >= 15 is 0 Å². The van der Waals surface area contributed by atoms with E-state index in [4.69, 9.17) is 4.74 Å². The Balaban J connectivity index is 0.000000612. The molecule has 0 saturated heterocycles. The summed E-state index contributed by atoms with van der Waals surface area (Å²) in [4.78, 5) is 0. The molecule has 0 heterocycles. The fourth-order valence-corrected chi connectivity index (χ4v) is 1.74. The number of hydrogen-bond acceptors (Lipinski definition) is 2.